The van der Waals surface area contributed by atoms with Crippen LogP contribution in [0.15, 0.2) is 12.1 Å². The Bertz CT molecular complexity index is 559. The van der Waals surface area contributed by atoms with Gasteiger partial charge in [-0.2, -0.15) is 15.0 Å². The van der Waals surface area contributed by atoms with Crippen LogP contribution in [0, 0.1) is 12.8 Å². The Morgan fingerprint density at radius 1 is 1.25 bits per heavy atom. The summed E-state index contributed by atoms with van der Waals surface area (Å²) in [6.07, 6.45) is 6.20. The number of aromatic nitrogens is 3. The molecule has 0 saturated heterocycles. The van der Waals surface area contributed by atoms with Gasteiger partial charge in [0.1, 0.15) is 17.7 Å². The van der Waals surface area contributed by atoms with Crippen molar-refractivity contribution in [3.05, 3.63) is 23.3 Å². The summed E-state index contributed by atoms with van der Waals surface area (Å²) in [6, 6.07) is 4.19. The van der Waals surface area contributed by atoms with E-state index in [-0.39, 0.29) is 0 Å². The molecule has 4 nitrogen and oxygen atoms in total. The van der Waals surface area contributed by atoms with Gasteiger partial charge in [-0.25, -0.2) is 0 Å². The molecule has 1 atom stereocenters. The molecule has 2 N–H and O–H groups in total. The van der Waals surface area contributed by atoms with Crippen molar-refractivity contribution in [3.8, 4) is 0 Å². The third-order valence-corrected chi connectivity index (χ3v) is 4.13. The van der Waals surface area contributed by atoms with Crippen molar-refractivity contribution in [2.24, 2.45) is 11.7 Å². The summed E-state index contributed by atoms with van der Waals surface area (Å²) in [5, 5.41) is 8.95. The van der Waals surface area contributed by atoms with Crippen LogP contribution in [0.25, 0.3) is 11.0 Å². The maximum absolute atomic E-state index is 5.63. The number of unbranched alkanes of at least 4 members (excludes halogenated alkanes) is 1. The van der Waals surface area contributed by atoms with Gasteiger partial charge >= 0.3 is 0 Å². The second-order valence-electron chi connectivity index (χ2n) is 5.60. The molecular weight excluding hydrogens is 248 g/mol. The lowest BCUT2D eigenvalue weighted by Gasteiger charge is -2.16. The predicted molar refractivity (Wildman–Crippen MR) is 83.5 cm³/mol. The minimum Gasteiger partial charge on any atom is -0.311 e. The van der Waals surface area contributed by atoms with E-state index in [1.165, 1.54) is 36.8 Å². The molecule has 2 rings (SSSR count). The summed E-state index contributed by atoms with van der Waals surface area (Å²) in [7, 11) is 0. The molecule has 20 heavy (non-hydrogen) atoms. The molecule has 0 aliphatic carbocycles. The highest BCUT2D eigenvalue weighted by Crippen LogP contribution is 2.25. The van der Waals surface area contributed by atoms with Crippen molar-refractivity contribution >= 4 is 11.0 Å². The maximum atomic E-state index is 5.63. The standard InChI is InChI=1S/C16H26N4/c1-4-6-7-13(5-2)10-14-12(3)8-9-15-16(14)19-20(11-17)18-15/h8-9,13H,4-7,10-11,17H2,1-3H3. The number of rotatable bonds is 7. The Morgan fingerprint density at radius 3 is 2.70 bits per heavy atom. The third-order valence-electron chi connectivity index (χ3n) is 4.13. The van der Waals surface area contributed by atoms with Gasteiger partial charge in [0.05, 0.1) is 0 Å². The first kappa shape index (κ1) is 15.0. The first-order chi connectivity index (χ1) is 9.69. The van der Waals surface area contributed by atoms with Crippen LogP contribution in [0.5, 0.6) is 0 Å². The van der Waals surface area contributed by atoms with Crippen LogP contribution in [0.1, 0.15) is 50.7 Å². The molecule has 4 heteroatoms. The smallest absolute Gasteiger partial charge is 0.116 e. The number of aryl methyl sites for hydroxylation is 1. The number of hydrogen-bond donors (Lipinski definition) is 1. The van der Waals surface area contributed by atoms with Crippen molar-refractivity contribution in [2.75, 3.05) is 0 Å². The monoisotopic (exact) mass is 274 g/mol. The Labute approximate surface area is 121 Å². The quantitative estimate of drug-likeness (QED) is 0.841. The Kier molecular flexibility index (Phi) is 5.12. The van der Waals surface area contributed by atoms with Gasteiger partial charge in [0.15, 0.2) is 0 Å². The fraction of sp³-hybridized carbons (Fsp3) is 0.625. The highest BCUT2D eigenvalue weighted by atomic mass is 15.5. The molecule has 0 bridgehead atoms. The van der Waals surface area contributed by atoms with Crippen molar-refractivity contribution in [3.63, 3.8) is 0 Å². The van der Waals surface area contributed by atoms with E-state index in [1.54, 1.807) is 4.80 Å². The minimum atomic E-state index is 0.334. The van der Waals surface area contributed by atoms with Crippen LogP contribution in [-0.4, -0.2) is 15.0 Å². The number of benzene rings is 1. The van der Waals surface area contributed by atoms with Crippen molar-refractivity contribution in [1.29, 1.82) is 0 Å². The van der Waals surface area contributed by atoms with Crippen LogP contribution in [-0.2, 0) is 13.1 Å². The molecule has 0 aliphatic heterocycles. The van der Waals surface area contributed by atoms with E-state index in [9.17, 15) is 0 Å². The summed E-state index contributed by atoms with van der Waals surface area (Å²) >= 11 is 0. The van der Waals surface area contributed by atoms with E-state index >= 15 is 0 Å². The highest BCUT2D eigenvalue weighted by Gasteiger charge is 2.14. The maximum Gasteiger partial charge on any atom is 0.116 e. The second-order valence-corrected chi connectivity index (χ2v) is 5.60. The average molecular weight is 274 g/mol. The van der Waals surface area contributed by atoms with E-state index < -0.39 is 0 Å². The minimum absolute atomic E-state index is 0.334. The first-order valence-electron chi connectivity index (χ1n) is 7.72. The summed E-state index contributed by atoms with van der Waals surface area (Å²) in [6.45, 7) is 7.04. The molecule has 0 saturated carbocycles. The summed E-state index contributed by atoms with van der Waals surface area (Å²) in [5.74, 6) is 0.738. The summed E-state index contributed by atoms with van der Waals surface area (Å²) in [5.41, 5.74) is 10.3. The lowest BCUT2D eigenvalue weighted by molar-refractivity contribution is 0.449. The topological polar surface area (TPSA) is 56.7 Å². The SMILES string of the molecule is CCCCC(CC)Cc1c(C)ccc2nn(CN)nc12. The molecule has 110 valence electrons. The number of nitrogens with two attached hydrogens (primary N) is 1. The van der Waals surface area contributed by atoms with Crippen molar-refractivity contribution in [2.45, 2.75) is 59.5 Å². The number of hydrogen-bond acceptors (Lipinski definition) is 3. The van der Waals surface area contributed by atoms with Gasteiger partial charge in [0.25, 0.3) is 0 Å². The summed E-state index contributed by atoms with van der Waals surface area (Å²) < 4.78 is 0. The molecule has 1 unspecified atom stereocenters. The highest BCUT2D eigenvalue weighted by molar-refractivity contribution is 5.78. The Hall–Kier alpha value is -1.42. The van der Waals surface area contributed by atoms with Gasteiger partial charge in [-0.05, 0) is 36.5 Å². The van der Waals surface area contributed by atoms with E-state index in [0.717, 1.165) is 23.4 Å². The molecule has 0 radical (unpaired) electrons. The van der Waals surface area contributed by atoms with E-state index in [0.29, 0.717) is 6.67 Å². The van der Waals surface area contributed by atoms with Gasteiger partial charge < -0.3 is 5.73 Å². The van der Waals surface area contributed by atoms with Crippen LogP contribution in [0.4, 0.5) is 0 Å². The van der Waals surface area contributed by atoms with E-state index in [1.807, 2.05) is 6.07 Å². The normalized spacial score (nSPS) is 13.0. The molecule has 0 spiro atoms. The zero-order chi connectivity index (χ0) is 14.5. The number of fused-ring (bicyclic) bond motifs is 1. The fourth-order valence-electron chi connectivity index (χ4n) is 2.75. The molecule has 0 amide bonds. The van der Waals surface area contributed by atoms with Crippen molar-refractivity contribution in [1.82, 2.24) is 15.0 Å². The van der Waals surface area contributed by atoms with Gasteiger partial charge in [-0.15, -0.1) is 0 Å². The third kappa shape index (κ3) is 3.18. The van der Waals surface area contributed by atoms with Crippen LogP contribution < -0.4 is 5.73 Å². The zero-order valence-corrected chi connectivity index (χ0v) is 12.9. The molecule has 0 aliphatic rings. The largest absolute Gasteiger partial charge is 0.311 e. The zero-order valence-electron chi connectivity index (χ0n) is 12.9. The average Bonchev–Trinajstić information content (AvgIpc) is 2.89. The predicted octanol–water partition coefficient (Wildman–Crippen LogP) is 3.41. The lowest BCUT2D eigenvalue weighted by atomic mass is 9.89. The van der Waals surface area contributed by atoms with Crippen LogP contribution in [0.3, 0.4) is 0 Å². The van der Waals surface area contributed by atoms with Gasteiger partial charge in [0.2, 0.25) is 0 Å². The van der Waals surface area contributed by atoms with E-state index in [4.69, 9.17) is 5.73 Å². The molecule has 1 aromatic heterocycles. The molecule has 0 fully saturated rings. The van der Waals surface area contributed by atoms with Crippen LogP contribution >= 0.6 is 0 Å². The van der Waals surface area contributed by atoms with Crippen LogP contribution in [0.2, 0.25) is 0 Å². The molecule has 1 aromatic carbocycles. The van der Waals surface area contributed by atoms with Gasteiger partial charge in [-0.3, -0.25) is 0 Å². The molecular formula is C16H26N4. The number of nitrogens with zero attached hydrogens (tertiary/aromatic N) is 3. The second kappa shape index (κ2) is 6.84. The van der Waals surface area contributed by atoms with Crippen molar-refractivity contribution < 1.29 is 0 Å². The van der Waals surface area contributed by atoms with Gasteiger partial charge in [0, 0.05) is 0 Å². The van der Waals surface area contributed by atoms with E-state index in [2.05, 4.69) is 37.0 Å². The Morgan fingerprint density at radius 2 is 2.05 bits per heavy atom. The molecule has 2 aromatic rings. The Balaban J connectivity index is 2.31. The lowest BCUT2D eigenvalue weighted by Crippen LogP contribution is -2.10. The van der Waals surface area contributed by atoms with Gasteiger partial charge in [-0.1, -0.05) is 45.6 Å². The molecule has 1 heterocycles. The first-order valence-corrected chi connectivity index (χ1v) is 7.72. The summed E-state index contributed by atoms with van der Waals surface area (Å²) in [4.78, 5) is 1.58. The fourth-order valence-corrected chi connectivity index (χ4v) is 2.75.